The van der Waals surface area contributed by atoms with Crippen LogP contribution in [0.25, 0.3) is 11.1 Å². The molecule has 0 saturated carbocycles. The Labute approximate surface area is 201 Å². The van der Waals surface area contributed by atoms with Gasteiger partial charge in [0.15, 0.2) is 0 Å². The number of amides is 2. The van der Waals surface area contributed by atoms with Crippen LogP contribution in [0, 0.1) is 5.82 Å². The maximum absolute atomic E-state index is 14.9. The normalized spacial score (nSPS) is 16.3. The molecular weight excluding hydrogens is 458 g/mol. The minimum Gasteiger partial charge on any atom is -0.442 e. The van der Waals surface area contributed by atoms with Gasteiger partial charge in [-0.3, -0.25) is 9.69 Å². The fourth-order valence-electron chi connectivity index (χ4n) is 3.82. The van der Waals surface area contributed by atoms with Crippen LogP contribution in [0.5, 0.6) is 0 Å². The van der Waals surface area contributed by atoms with Crippen molar-refractivity contribution in [3.05, 3.63) is 66.2 Å². The smallest absolute Gasteiger partial charge is 0.414 e. The largest absolute Gasteiger partial charge is 0.442 e. The number of aromatic nitrogens is 3. The third-order valence-electron chi connectivity index (χ3n) is 5.68. The zero-order valence-corrected chi connectivity index (χ0v) is 19.2. The van der Waals surface area contributed by atoms with E-state index in [0.29, 0.717) is 29.9 Å². The Kier molecular flexibility index (Phi) is 7.66. The molecule has 1 aromatic heterocycles. The first-order chi connectivity index (χ1) is 16.9. The van der Waals surface area contributed by atoms with E-state index in [1.165, 1.54) is 28.8 Å². The average Bonchev–Trinajstić information content (AvgIpc) is 3.51. The molecule has 1 fully saturated rings. The molecule has 2 N–H and O–H groups in total. The monoisotopic (exact) mass is 484 g/mol. The Bertz CT molecular complexity index is 1160. The highest BCUT2D eigenvalue weighted by Gasteiger charge is 2.32. The van der Waals surface area contributed by atoms with Crippen molar-refractivity contribution >= 4 is 17.7 Å². The van der Waals surface area contributed by atoms with Gasteiger partial charge in [-0.05, 0) is 29.3 Å². The van der Waals surface area contributed by atoms with Gasteiger partial charge in [-0.25, -0.2) is 18.3 Å². The van der Waals surface area contributed by atoms with Crippen molar-refractivity contribution in [1.29, 1.82) is 0 Å². The zero-order chi connectivity index (χ0) is 24.8. The molecule has 1 saturated heterocycles. The highest BCUT2D eigenvalue weighted by atomic mass is 19.1. The van der Waals surface area contributed by atoms with Crippen molar-refractivity contribution < 1.29 is 23.1 Å². The second kappa shape index (κ2) is 11.0. The summed E-state index contributed by atoms with van der Waals surface area (Å²) in [5.41, 5.74) is 2.44. The lowest BCUT2D eigenvalue weighted by atomic mass is 10.0. The molecule has 4 rings (SSSR count). The lowest BCUT2D eigenvalue weighted by Gasteiger charge is -2.15. The molecular formula is C24H26F2N6O3. The number of nitrogens with zero attached hydrogens (tertiary/aromatic N) is 4. The van der Waals surface area contributed by atoms with Crippen molar-refractivity contribution in [2.75, 3.05) is 31.2 Å². The third kappa shape index (κ3) is 5.99. The van der Waals surface area contributed by atoms with Crippen molar-refractivity contribution in [3.63, 3.8) is 0 Å². The highest BCUT2D eigenvalue weighted by molar-refractivity contribution is 5.90. The summed E-state index contributed by atoms with van der Waals surface area (Å²) in [5, 5.41) is 13.3. The predicted molar refractivity (Wildman–Crippen MR) is 125 cm³/mol. The molecule has 0 bridgehead atoms. The Balaban J connectivity index is 1.35. The van der Waals surface area contributed by atoms with Crippen LogP contribution in [0.2, 0.25) is 0 Å². The summed E-state index contributed by atoms with van der Waals surface area (Å²) >= 11 is 0. The van der Waals surface area contributed by atoms with Gasteiger partial charge in [-0.1, -0.05) is 29.5 Å². The number of ether oxygens (including phenoxy) is 1. The number of alkyl halides is 1. The number of anilines is 1. The Morgan fingerprint density at radius 2 is 2.06 bits per heavy atom. The number of rotatable bonds is 10. The summed E-state index contributed by atoms with van der Waals surface area (Å²) in [6.45, 7) is 2.16. The van der Waals surface area contributed by atoms with Gasteiger partial charge in [0.05, 0.1) is 31.0 Å². The summed E-state index contributed by atoms with van der Waals surface area (Å²) in [7, 11) is 0. The van der Waals surface area contributed by atoms with E-state index in [4.69, 9.17) is 4.74 Å². The van der Waals surface area contributed by atoms with E-state index in [2.05, 4.69) is 20.9 Å². The Morgan fingerprint density at radius 3 is 2.71 bits per heavy atom. The van der Waals surface area contributed by atoms with Gasteiger partial charge in [0, 0.05) is 31.8 Å². The molecule has 0 spiro atoms. The third-order valence-corrected chi connectivity index (χ3v) is 5.68. The first kappa shape index (κ1) is 24.3. The number of benzene rings is 2. The molecule has 1 aliphatic heterocycles. The van der Waals surface area contributed by atoms with Crippen LogP contribution in [0.15, 0.2) is 54.9 Å². The minimum atomic E-state index is -0.580. The molecule has 3 aromatic rings. The van der Waals surface area contributed by atoms with Crippen LogP contribution in [0.3, 0.4) is 0 Å². The number of hydrogen-bond acceptors (Lipinski definition) is 6. The van der Waals surface area contributed by atoms with Crippen LogP contribution in [0.4, 0.5) is 19.3 Å². The summed E-state index contributed by atoms with van der Waals surface area (Å²) in [6.07, 6.45) is 2.06. The summed E-state index contributed by atoms with van der Waals surface area (Å²) in [6, 6.07) is 11.5. The maximum atomic E-state index is 14.9. The second-order valence-electron chi connectivity index (χ2n) is 8.24. The highest BCUT2D eigenvalue weighted by Crippen LogP contribution is 2.29. The molecule has 11 heteroatoms. The Hall–Kier alpha value is -3.86. The van der Waals surface area contributed by atoms with Crippen LogP contribution < -0.4 is 15.5 Å². The van der Waals surface area contributed by atoms with E-state index in [9.17, 15) is 18.4 Å². The van der Waals surface area contributed by atoms with Crippen LogP contribution in [-0.4, -0.2) is 59.4 Å². The molecule has 2 amide bonds. The number of halogens is 2. The maximum Gasteiger partial charge on any atom is 0.414 e. The molecule has 0 radical (unpaired) electrons. The van der Waals surface area contributed by atoms with Gasteiger partial charge in [-0.15, -0.1) is 5.10 Å². The van der Waals surface area contributed by atoms with E-state index in [-0.39, 0.29) is 19.0 Å². The molecule has 9 nitrogen and oxygen atoms in total. The van der Waals surface area contributed by atoms with Crippen molar-refractivity contribution in [2.45, 2.75) is 25.6 Å². The summed E-state index contributed by atoms with van der Waals surface area (Å²) in [5.74, 6) is -0.683. The average molecular weight is 485 g/mol. The summed E-state index contributed by atoms with van der Waals surface area (Å²) < 4.78 is 34.9. The zero-order valence-electron chi connectivity index (χ0n) is 19.2. The number of carbonyl (C=O) groups excluding carboxylic acids is 2. The van der Waals surface area contributed by atoms with E-state index in [1.54, 1.807) is 18.3 Å². The van der Waals surface area contributed by atoms with Crippen LogP contribution in [-0.2, 0) is 16.1 Å². The second-order valence-corrected chi connectivity index (χ2v) is 8.24. The van der Waals surface area contributed by atoms with Gasteiger partial charge in [0.25, 0.3) is 0 Å². The Morgan fingerprint density at radius 1 is 1.26 bits per heavy atom. The number of cyclic esters (lactones) is 1. The lowest BCUT2D eigenvalue weighted by molar-refractivity contribution is -0.119. The van der Waals surface area contributed by atoms with Gasteiger partial charge in [0.2, 0.25) is 5.91 Å². The number of hydrogen-bond donors (Lipinski definition) is 2. The molecule has 0 aliphatic carbocycles. The molecule has 2 heterocycles. The van der Waals surface area contributed by atoms with Crippen molar-refractivity contribution in [1.82, 2.24) is 25.6 Å². The molecule has 1 aliphatic rings. The first-order valence-electron chi connectivity index (χ1n) is 11.2. The predicted octanol–water partition coefficient (Wildman–Crippen LogP) is 2.85. The van der Waals surface area contributed by atoms with E-state index in [0.717, 1.165) is 5.56 Å². The molecule has 2 aromatic carbocycles. The SMILES string of the molecule is CC(=O)NCC1CN(c2ccc(-c3ccc(CNCC(CF)n4ccnn4)cc3)c(F)c2)C(=O)O1. The van der Waals surface area contributed by atoms with Crippen LogP contribution >= 0.6 is 0 Å². The van der Waals surface area contributed by atoms with Gasteiger partial charge >= 0.3 is 6.09 Å². The molecule has 2 atom stereocenters. The van der Waals surface area contributed by atoms with Gasteiger partial charge in [0.1, 0.15) is 18.6 Å². The van der Waals surface area contributed by atoms with Crippen LogP contribution in [0.1, 0.15) is 18.5 Å². The quantitative estimate of drug-likeness (QED) is 0.459. The van der Waals surface area contributed by atoms with E-state index < -0.39 is 30.7 Å². The number of nitrogens with one attached hydrogen (secondary N) is 2. The minimum absolute atomic E-state index is 0.203. The fourth-order valence-corrected chi connectivity index (χ4v) is 3.82. The number of carbonyl (C=O) groups is 2. The van der Waals surface area contributed by atoms with Gasteiger partial charge < -0.3 is 15.4 Å². The molecule has 184 valence electrons. The standard InChI is InChI=1S/C24H26F2N6O3/c1-16(33)28-14-21-15-31(24(34)35-21)19-6-7-22(23(26)10-19)18-4-2-17(3-5-18)12-27-13-20(11-25)32-9-8-29-30-32/h2-10,20-21,27H,11-15H2,1H3,(H,28,33). The van der Waals surface area contributed by atoms with E-state index >= 15 is 0 Å². The lowest BCUT2D eigenvalue weighted by Crippen LogP contribution is -2.33. The molecule has 2 unspecified atom stereocenters. The van der Waals surface area contributed by atoms with Crippen molar-refractivity contribution in [2.24, 2.45) is 0 Å². The fraction of sp³-hybridized carbons (Fsp3) is 0.333. The first-order valence-corrected chi connectivity index (χ1v) is 11.2. The van der Waals surface area contributed by atoms with E-state index in [1.807, 2.05) is 24.3 Å². The summed E-state index contributed by atoms with van der Waals surface area (Å²) in [4.78, 5) is 24.6. The molecule has 35 heavy (non-hydrogen) atoms. The van der Waals surface area contributed by atoms with Crippen molar-refractivity contribution in [3.8, 4) is 11.1 Å². The van der Waals surface area contributed by atoms with Gasteiger partial charge in [-0.2, -0.15) is 0 Å². The topological polar surface area (TPSA) is 101 Å².